The number of rotatable bonds is 5. The lowest BCUT2D eigenvalue weighted by molar-refractivity contribution is -0.133. The van der Waals surface area contributed by atoms with Gasteiger partial charge in [0.15, 0.2) is 5.78 Å². The zero-order valence-electron chi connectivity index (χ0n) is 18.6. The number of para-hydroxylation sites is 2. The standard InChI is InChI=1S/C25H26N4O3/c1-27-21-6-4-5-7-22(21)28(2)25(27)20(15-26)23(30)10-11-24(31)29-13-12-17-8-9-19(32-3)14-18(17)16-29/h4-9,14H,10-13,16H2,1-3H3. The smallest absolute Gasteiger partial charge is 0.223 e. The van der Waals surface area contributed by atoms with Gasteiger partial charge in [-0.25, -0.2) is 0 Å². The molecule has 1 amide bonds. The van der Waals surface area contributed by atoms with E-state index < -0.39 is 0 Å². The first kappa shape index (κ1) is 21.4. The summed E-state index contributed by atoms with van der Waals surface area (Å²) in [6.45, 7) is 1.13. The highest BCUT2D eigenvalue weighted by molar-refractivity contribution is 6.03. The highest BCUT2D eigenvalue weighted by Gasteiger charge is 2.31. The summed E-state index contributed by atoms with van der Waals surface area (Å²) in [5.41, 5.74) is 4.23. The Labute approximate surface area is 188 Å². The van der Waals surface area contributed by atoms with E-state index in [-0.39, 0.29) is 30.1 Å². The van der Waals surface area contributed by atoms with Crippen LogP contribution in [-0.4, -0.2) is 44.3 Å². The fourth-order valence-corrected chi connectivity index (χ4v) is 4.43. The van der Waals surface area contributed by atoms with Crippen LogP contribution < -0.4 is 14.5 Å². The van der Waals surface area contributed by atoms with Crippen LogP contribution in [-0.2, 0) is 22.6 Å². The largest absolute Gasteiger partial charge is 0.497 e. The number of nitriles is 1. The molecule has 2 aliphatic rings. The third-order valence-electron chi connectivity index (χ3n) is 6.20. The van der Waals surface area contributed by atoms with Crippen molar-refractivity contribution in [3.05, 3.63) is 65.0 Å². The van der Waals surface area contributed by atoms with Gasteiger partial charge in [-0.1, -0.05) is 18.2 Å². The van der Waals surface area contributed by atoms with Crippen LogP contribution in [0, 0.1) is 11.3 Å². The summed E-state index contributed by atoms with van der Waals surface area (Å²) in [6, 6.07) is 15.7. The minimum Gasteiger partial charge on any atom is -0.497 e. The van der Waals surface area contributed by atoms with E-state index in [1.165, 1.54) is 5.56 Å². The molecule has 0 bridgehead atoms. The average molecular weight is 431 g/mol. The molecule has 0 spiro atoms. The van der Waals surface area contributed by atoms with Crippen LogP contribution in [0.2, 0.25) is 0 Å². The zero-order valence-corrected chi connectivity index (χ0v) is 18.6. The predicted molar refractivity (Wildman–Crippen MR) is 122 cm³/mol. The Bertz CT molecular complexity index is 1120. The van der Waals surface area contributed by atoms with Crippen LogP contribution >= 0.6 is 0 Å². The Morgan fingerprint density at radius 2 is 1.72 bits per heavy atom. The highest BCUT2D eigenvalue weighted by atomic mass is 16.5. The number of ketones is 1. The van der Waals surface area contributed by atoms with Gasteiger partial charge in [-0.15, -0.1) is 0 Å². The lowest BCUT2D eigenvalue weighted by Crippen LogP contribution is -2.36. The molecule has 2 aromatic carbocycles. The van der Waals surface area contributed by atoms with E-state index in [2.05, 4.69) is 6.07 Å². The number of anilines is 2. The number of Topliss-reactive ketones (excluding diaryl/α,β-unsaturated/α-hetero) is 1. The summed E-state index contributed by atoms with van der Waals surface area (Å²) in [5.74, 6) is 0.918. The van der Waals surface area contributed by atoms with E-state index in [4.69, 9.17) is 4.74 Å². The Morgan fingerprint density at radius 1 is 1.03 bits per heavy atom. The van der Waals surface area contributed by atoms with Crippen molar-refractivity contribution in [1.82, 2.24) is 4.90 Å². The summed E-state index contributed by atoms with van der Waals surface area (Å²) >= 11 is 0. The van der Waals surface area contributed by atoms with E-state index in [1.54, 1.807) is 12.0 Å². The molecule has 2 aliphatic heterocycles. The second-order valence-electron chi connectivity index (χ2n) is 8.04. The van der Waals surface area contributed by atoms with Crippen molar-refractivity contribution in [1.29, 1.82) is 5.26 Å². The first-order chi connectivity index (χ1) is 15.4. The number of hydrogen-bond acceptors (Lipinski definition) is 6. The molecule has 0 saturated heterocycles. The molecule has 0 radical (unpaired) electrons. The zero-order chi connectivity index (χ0) is 22.8. The number of carbonyl (C=O) groups excluding carboxylic acids is 2. The number of fused-ring (bicyclic) bond motifs is 2. The van der Waals surface area contributed by atoms with Gasteiger partial charge in [-0.2, -0.15) is 5.26 Å². The summed E-state index contributed by atoms with van der Waals surface area (Å²) in [7, 11) is 5.30. The van der Waals surface area contributed by atoms with E-state index >= 15 is 0 Å². The Morgan fingerprint density at radius 3 is 2.34 bits per heavy atom. The van der Waals surface area contributed by atoms with Gasteiger partial charge in [0.1, 0.15) is 23.2 Å². The molecular weight excluding hydrogens is 404 g/mol. The van der Waals surface area contributed by atoms with Gasteiger partial charge in [0.05, 0.1) is 18.5 Å². The fraction of sp³-hybridized carbons (Fsp3) is 0.320. The maximum absolute atomic E-state index is 13.0. The van der Waals surface area contributed by atoms with Crippen molar-refractivity contribution in [3.8, 4) is 11.8 Å². The molecule has 0 unspecified atom stereocenters. The van der Waals surface area contributed by atoms with Crippen LogP contribution in [0.4, 0.5) is 11.4 Å². The summed E-state index contributed by atoms with van der Waals surface area (Å²) < 4.78 is 5.29. The van der Waals surface area contributed by atoms with Crippen molar-refractivity contribution in [3.63, 3.8) is 0 Å². The summed E-state index contributed by atoms with van der Waals surface area (Å²) in [5, 5.41) is 9.75. The number of amides is 1. The van der Waals surface area contributed by atoms with Crippen LogP contribution in [0.15, 0.2) is 53.9 Å². The van der Waals surface area contributed by atoms with Gasteiger partial charge in [0, 0.05) is 40.0 Å². The van der Waals surface area contributed by atoms with Crippen molar-refractivity contribution in [2.24, 2.45) is 0 Å². The van der Waals surface area contributed by atoms with Crippen molar-refractivity contribution in [2.45, 2.75) is 25.8 Å². The maximum atomic E-state index is 13.0. The molecule has 2 heterocycles. The van der Waals surface area contributed by atoms with Gasteiger partial charge in [0.25, 0.3) is 0 Å². The topological polar surface area (TPSA) is 76.9 Å². The molecular formula is C25H26N4O3. The van der Waals surface area contributed by atoms with Gasteiger partial charge < -0.3 is 19.4 Å². The van der Waals surface area contributed by atoms with Gasteiger partial charge in [-0.3, -0.25) is 9.59 Å². The first-order valence-electron chi connectivity index (χ1n) is 10.6. The van der Waals surface area contributed by atoms with Crippen LogP contribution in [0.25, 0.3) is 0 Å². The van der Waals surface area contributed by atoms with Crippen LogP contribution in [0.1, 0.15) is 24.0 Å². The molecule has 164 valence electrons. The van der Waals surface area contributed by atoms with E-state index in [0.29, 0.717) is 18.9 Å². The molecule has 7 nitrogen and oxygen atoms in total. The Hall–Kier alpha value is -3.79. The quantitative estimate of drug-likeness (QED) is 0.535. The molecule has 0 saturated carbocycles. The molecule has 4 rings (SSSR count). The molecule has 0 aliphatic carbocycles. The minimum absolute atomic E-state index is 0.00468. The third-order valence-corrected chi connectivity index (χ3v) is 6.20. The average Bonchev–Trinajstić information content (AvgIpc) is 3.07. The van der Waals surface area contributed by atoms with E-state index in [9.17, 15) is 14.9 Å². The number of benzene rings is 2. The number of carbonyl (C=O) groups is 2. The van der Waals surface area contributed by atoms with Crippen molar-refractivity contribution in [2.75, 3.05) is 37.5 Å². The number of methoxy groups -OCH3 is 1. The highest BCUT2D eigenvalue weighted by Crippen LogP contribution is 2.40. The Kier molecular flexibility index (Phi) is 5.87. The minimum atomic E-state index is -0.318. The van der Waals surface area contributed by atoms with Gasteiger partial charge in [0.2, 0.25) is 5.91 Å². The summed E-state index contributed by atoms with van der Waals surface area (Å²) in [4.78, 5) is 31.3. The Balaban J connectivity index is 1.45. The second kappa shape index (κ2) is 8.75. The van der Waals surface area contributed by atoms with Crippen molar-refractivity contribution < 1.29 is 14.3 Å². The van der Waals surface area contributed by atoms with E-state index in [0.717, 1.165) is 29.1 Å². The second-order valence-corrected chi connectivity index (χ2v) is 8.04. The fourth-order valence-electron chi connectivity index (χ4n) is 4.43. The van der Waals surface area contributed by atoms with Gasteiger partial charge in [-0.05, 0) is 41.8 Å². The molecule has 0 fully saturated rings. The third kappa shape index (κ3) is 3.80. The number of allylic oxidation sites excluding steroid dienone is 1. The number of hydrogen-bond donors (Lipinski definition) is 0. The lowest BCUT2D eigenvalue weighted by Gasteiger charge is -2.29. The SMILES string of the molecule is COc1ccc2c(c1)CN(C(=O)CCC(=O)C(C#N)=C1N(C)c3ccccc3N1C)CC2. The summed E-state index contributed by atoms with van der Waals surface area (Å²) in [6.07, 6.45) is 0.863. The molecule has 0 N–H and O–H groups in total. The molecule has 32 heavy (non-hydrogen) atoms. The monoisotopic (exact) mass is 430 g/mol. The van der Waals surface area contributed by atoms with Crippen LogP contribution in [0.5, 0.6) is 5.75 Å². The lowest BCUT2D eigenvalue weighted by atomic mass is 9.98. The molecule has 0 aromatic heterocycles. The van der Waals surface area contributed by atoms with Gasteiger partial charge >= 0.3 is 0 Å². The van der Waals surface area contributed by atoms with Crippen LogP contribution in [0.3, 0.4) is 0 Å². The molecule has 7 heteroatoms. The normalized spacial score (nSPS) is 14.6. The first-order valence-corrected chi connectivity index (χ1v) is 10.6. The van der Waals surface area contributed by atoms with E-state index in [1.807, 2.05) is 66.4 Å². The number of ether oxygens (including phenoxy) is 1. The predicted octanol–water partition coefficient (Wildman–Crippen LogP) is 3.25. The maximum Gasteiger partial charge on any atom is 0.223 e. The van der Waals surface area contributed by atoms with Crippen molar-refractivity contribution >= 4 is 23.1 Å². The number of nitrogens with zero attached hydrogens (tertiary/aromatic N) is 4. The molecule has 2 aromatic rings. The molecule has 0 atom stereocenters.